The number of esters is 1. The van der Waals surface area contributed by atoms with Crippen molar-refractivity contribution in [1.29, 1.82) is 0 Å². The van der Waals surface area contributed by atoms with Crippen molar-refractivity contribution in [2.24, 2.45) is 0 Å². The number of ether oxygens (including phenoxy) is 3. The number of amides is 1. The third kappa shape index (κ3) is 8.30. The Labute approximate surface area is 163 Å². The van der Waals surface area contributed by atoms with Gasteiger partial charge in [0.25, 0.3) is 0 Å². The van der Waals surface area contributed by atoms with Crippen LogP contribution in [0.2, 0.25) is 0 Å². The Balaban J connectivity index is 2.80. The zero-order valence-corrected chi connectivity index (χ0v) is 17.8. The molecule has 0 radical (unpaired) electrons. The number of nitrogens with one attached hydrogen (secondary N) is 1. The summed E-state index contributed by atoms with van der Waals surface area (Å²) in [6.45, 7) is 17.7. The minimum atomic E-state index is -0.587. The van der Waals surface area contributed by atoms with Crippen LogP contribution in [0.5, 0.6) is 0 Å². The SMILES string of the molecule is C=CC[C@H]1COC[C@@H](CN[C@@H](C)C(=O)OC(C)(C)C)N1C(=O)OC(C)(C)C. The van der Waals surface area contributed by atoms with Gasteiger partial charge >= 0.3 is 12.1 Å². The van der Waals surface area contributed by atoms with Crippen LogP contribution >= 0.6 is 0 Å². The summed E-state index contributed by atoms with van der Waals surface area (Å²) in [4.78, 5) is 26.7. The number of nitrogens with zero attached hydrogens (tertiary/aromatic N) is 1. The second-order valence-corrected chi connectivity index (χ2v) is 8.92. The second kappa shape index (κ2) is 9.55. The van der Waals surface area contributed by atoms with E-state index >= 15 is 0 Å². The van der Waals surface area contributed by atoms with E-state index in [1.165, 1.54) is 0 Å². The third-order valence-electron chi connectivity index (χ3n) is 3.87. The van der Waals surface area contributed by atoms with Crippen molar-refractivity contribution in [3.63, 3.8) is 0 Å². The summed E-state index contributed by atoms with van der Waals surface area (Å²) < 4.78 is 16.6. The summed E-state index contributed by atoms with van der Waals surface area (Å²) in [6.07, 6.45) is 2.00. The van der Waals surface area contributed by atoms with E-state index in [2.05, 4.69) is 11.9 Å². The molecule has 0 aliphatic carbocycles. The van der Waals surface area contributed by atoms with Gasteiger partial charge in [-0.2, -0.15) is 0 Å². The maximum absolute atomic E-state index is 12.8. The summed E-state index contributed by atoms with van der Waals surface area (Å²) >= 11 is 0. The molecule has 1 rings (SSSR count). The van der Waals surface area contributed by atoms with Gasteiger partial charge in [0.15, 0.2) is 0 Å². The fraction of sp³-hybridized carbons (Fsp3) is 0.800. The Bertz CT molecular complexity index is 521. The van der Waals surface area contributed by atoms with Gasteiger partial charge < -0.3 is 19.5 Å². The van der Waals surface area contributed by atoms with Crippen molar-refractivity contribution in [1.82, 2.24) is 10.2 Å². The van der Waals surface area contributed by atoms with E-state index in [0.717, 1.165) is 0 Å². The van der Waals surface area contributed by atoms with Crippen molar-refractivity contribution >= 4 is 12.1 Å². The van der Waals surface area contributed by atoms with E-state index in [1.807, 2.05) is 41.5 Å². The van der Waals surface area contributed by atoms with Gasteiger partial charge in [-0.15, -0.1) is 6.58 Å². The van der Waals surface area contributed by atoms with Crippen LogP contribution in [0.15, 0.2) is 12.7 Å². The van der Waals surface area contributed by atoms with Gasteiger partial charge in [-0.3, -0.25) is 9.69 Å². The number of carbonyl (C=O) groups is 2. The van der Waals surface area contributed by atoms with Gasteiger partial charge in [0, 0.05) is 6.54 Å². The van der Waals surface area contributed by atoms with Crippen LogP contribution in [0.3, 0.4) is 0 Å². The first-order chi connectivity index (χ1) is 12.3. The molecule has 156 valence electrons. The van der Waals surface area contributed by atoms with E-state index in [-0.39, 0.29) is 24.1 Å². The van der Waals surface area contributed by atoms with Crippen LogP contribution < -0.4 is 5.32 Å². The van der Waals surface area contributed by atoms with E-state index < -0.39 is 17.2 Å². The highest BCUT2D eigenvalue weighted by Crippen LogP contribution is 2.21. The fourth-order valence-electron chi connectivity index (χ4n) is 2.73. The summed E-state index contributed by atoms with van der Waals surface area (Å²) in [5, 5.41) is 3.16. The van der Waals surface area contributed by atoms with Crippen LogP contribution in [0, 0.1) is 0 Å². The number of hydrogen-bond donors (Lipinski definition) is 1. The molecule has 1 aliphatic rings. The standard InChI is InChI=1S/C20H36N2O5/c1-9-10-15-12-25-13-16(22(15)18(24)27-20(6,7)8)11-21-14(2)17(23)26-19(3,4)5/h9,14-16,21H,1,10-13H2,2-8H3/t14-,15-,16+/m0/s1. The van der Waals surface area contributed by atoms with Crippen molar-refractivity contribution in [3.05, 3.63) is 12.7 Å². The topological polar surface area (TPSA) is 77.1 Å². The van der Waals surface area contributed by atoms with Gasteiger partial charge in [0.05, 0.1) is 25.3 Å². The lowest BCUT2D eigenvalue weighted by Gasteiger charge is -2.42. The normalized spacial score (nSPS) is 22.1. The summed E-state index contributed by atoms with van der Waals surface area (Å²) in [5.41, 5.74) is -1.13. The monoisotopic (exact) mass is 384 g/mol. The van der Waals surface area contributed by atoms with Crippen LogP contribution in [-0.4, -0.2) is 66.0 Å². The van der Waals surface area contributed by atoms with E-state index in [1.54, 1.807) is 17.9 Å². The molecule has 1 aliphatic heterocycles. The van der Waals surface area contributed by atoms with Gasteiger partial charge in [0.2, 0.25) is 0 Å². The van der Waals surface area contributed by atoms with Crippen molar-refractivity contribution < 1.29 is 23.8 Å². The van der Waals surface area contributed by atoms with Crippen LogP contribution in [0.25, 0.3) is 0 Å². The molecule has 3 atom stereocenters. The average Bonchev–Trinajstić information content (AvgIpc) is 2.49. The lowest BCUT2D eigenvalue weighted by atomic mass is 10.1. The molecule has 27 heavy (non-hydrogen) atoms. The molecule has 0 aromatic heterocycles. The minimum absolute atomic E-state index is 0.144. The molecule has 7 heteroatoms. The summed E-state index contributed by atoms with van der Waals surface area (Å²) in [6, 6.07) is -0.886. The molecule has 0 bridgehead atoms. The van der Waals surface area contributed by atoms with Crippen LogP contribution in [0.4, 0.5) is 4.79 Å². The summed E-state index contributed by atoms with van der Waals surface area (Å²) in [7, 11) is 0. The molecular formula is C20H36N2O5. The highest BCUT2D eigenvalue weighted by molar-refractivity contribution is 5.75. The Kier molecular flexibility index (Phi) is 8.29. The number of morpholine rings is 1. The molecule has 0 spiro atoms. The van der Waals surface area contributed by atoms with Crippen LogP contribution in [-0.2, 0) is 19.0 Å². The third-order valence-corrected chi connectivity index (χ3v) is 3.87. The van der Waals surface area contributed by atoms with Crippen molar-refractivity contribution in [2.45, 2.75) is 84.2 Å². The maximum atomic E-state index is 12.8. The predicted molar refractivity (Wildman–Crippen MR) is 105 cm³/mol. The highest BCUT2D eigenvalue weighted by Gasteiger charge is 2.37. The largest absolute Gasteiger partial charge is 0.459 e. The first-order valence-corrected chi connectivity index (χ1v) is 9.50. The van der Waals surface area contributed by atoms with Gasteiger partial charge in [-0.1, -0.05) is 6.08 Å². The Hall–Kier alpha value is -1.60. The van der Waals surface area contributed by atoms with Gasteiger partial charge in [-0.05, 0) is 54.9 Å². The number of hydrogen-bond acceptors (Lipinski definition) is 6. The Morgan fingerprint density at radius 3 is 2.22 bits per heavy atom. The zero-order chi connectivity index (χ0) is 20.8. The lowest BCUT2D eigenvalue weighted by Crippen LogP contribution is -2.59. The Morgan fingerprint density at radius 1 is 1.15 bits per heavy atom. The minimum Gasteiger partial charge on any atom is -0.459 e. The molecule has 7 nitrogen and oxygen atoms in total. The predicted octanol–water partition coefficient (Wildman–Crippen LogP) is 2.89. The molecule has 1 saturated heterocycles. The quantitative estimate of drug-likeness (QED) is 0.560. The molecule has 1 fully saturated rings. The fourth-order valence-corrected chi connectivity index (χ4v) is 2.73. The van der Waals surface area contributed by atoms with E-state index in [4.69, 9.17) is 14.2 Å². The second-order valence-electron chi connectivity index (χ2n) is 8.92. The Morgan fingerprint density at radius 2 is 1.70 bits per heavy atom. The first-order valence-electron chi connectivity index (χ1n) is 9.50. The lowest BCUT2D eigenvalue weighted by molar-refractivity contribution is -0.157. The van der Waals surface area contributed by atoms with Crippen LogP contribution in [0.1, 0.15) is 54.9 Å². The highest BCUT2D eigenvalue weighted by atomic mass is 16.6. The summed E-state index contributed by atoms with van der Waals surface area (Å²) in [5.74, 6) is -0.328. The first kappa shape index (κ1) is 23.4. The van der Waals surface area contributed by atoms with E-state index in [9.17, 15) is 9.59 Å². The number of carbonyl (C=O) groups excluding carboxylic acids is 2. The average molecular weight is 385 g/mol. The molecule has 1 heterocycles. The molecular weight excluding hydrogens is 348 g/mol. The molecule has 0 saturated carbocycles. The smallest absolute Gasteiger partial charge is 0.411 e. The van der Waals surface area contributed by atoms with Crippen molar-refractivity contribution in [3.8, 4) is 0 Å². The van der Waals surface area contributed by atoms with Crippen molar-refractivity contribution in [2.75, 3.05) is 19.8 Å². The van der Waals surface area contributed by atoms with Gasteiger partial charge in [-0.25, -0.2) is 4.79 Å². The molecule has 1 N–H and O–H groups in total. The molecule has 0 unspecified atom stereocenters. The van der Waals surface area contributed by atoms with Gasteiger partial charge in [0.1, 0.15) is 17.2 Å². The molecule has 0 aromatic carbocycles. The zero-order valence-electron chi connectivity index (χ0n) is 17.8. The number of rotatable bonds is 6. The maximum Gasteiger partial charge on any atom is 0.411 e. The molecule has 0 aromatic rings. The van der Waals surface area contributed by atoms with E-state index in [0.29, 0.717) is 26.2 Å². The molecule has 1 amide bonds.